The molecule has 0 radical (unpaired) electrons. The summed E-state index contributed by atoms with van der Waals surface area (Å²) in [5, 5.41) is 11.8. The number of carbonyl (C=O) groups excluding carboxylic acids is 1. The number of carbonyl (C=O) groups is 1. The zero-order chi connectivity index (χ0) is 12.8. The largest absolute Gasteiger partial charge is 0.484 e. The third kappa shape index (κ3) is 3.22. The van der Waals surface area contributed by atoms with Crippen molar-refractivity contribution in [3.8, 4) is 11.8 Å². The number of hydrogen-bond donors (Lipinski definition) is 1. The molecule has 5 nitrogen and oxygen atoms in total. The summed E-state index contributed by atoms with van der Waals surface area (Å²) < 4.78 is 5.40. The average molecular weight is 245 g/mol. The minimum Gasteiger partial charge on any atom is -0.484 e. The predicted octanol–water partition coefficient (Wildman–Crippen LogP) is 0.369. The first kappa shape index (κ1) is 12.4. The minimum absolute atomic E-state index is 0.000796. The molecule has 0 unspecified atom stereocenters. The van der Waals surface area contributed by atoms with Crippen LogP contribution < -0.4 is 10.1 Å². The Kier molecular flexibility index (Phi) is 4.15. The van der Waals surface area contributed by atoms with Gasteiger partial charge >= 0.3 is 0 Å². The maximum Gasteiger partial charge on any atom is 0.260 e. The molecule has 1 fully saturated rings. The Balaban J connectivity index is 1.83. The van der Waals surface area contributed by atoms with E-state index in [0.29, 0.717) is 11.3 Å². The van der Waals surface area contributed by atoms with E-state index in [-0.39, 0.29) is 12.5 Å². The van der Waals surface area contributed by atoms with Gasteiger partial charge in [-0.05, 0) is 24.3 Å². The highest BCUT2D eigenvalue weighted by Crippen LogP contribution is 2.11. The van der Waals surface area contributed by atoms with E-state index in [1.54, 1.807) is 29.2 Å². The van der Waals surface area contributed by atoms with Gasteiger partial charge in [-0.15, -0.1) is 0 Å². The second kappa shape index (κ2) is 6.03. The maximum absolute atomic E-state index is 11.8. The van der Waals surface area contributed by atoms with E-state index in [9.17, 15) is 4.79 Å². The van der Waals surface area contributed by atoms with Crippen LogP contribution >= 0.6 is 0 Å². The Morgan fingerprint density at radius 2 is 2.00 bits per heavy atom. The average Bonchev–Trinajstić information content (AvgIpc) is 2.46. The fraction of sp³-hybridized carbons (Fsp3) is 0.385. The van der Waals surface area contributed by atoms with Crippen molar-refractivity contribution in [1.29, 1.82) is 5.26 Å². The molecule has 0 spiro atoms. The van der Waals surface area contributed by atoms with Crippen molar-refractivity contribution in [3.63, 3.8) is 0 Å². The molecular weight excluding hydrogens is 230 g/mol. The lowest BCUT2D eigenvalue weighted by atomic mass is 10.2. The SMILES string of the molecule is N#Cc1ccc(OCC(=O)N2CCNCC2)cc1. The molecule has 18 heavy (non-hydrogen) atoms. The van der Waals surface area contributed by atoms with Crippen molar-refractivity contribution < 1.29 is 9.53 Å². The highest BCUT2D eigenvalue weighted by molar-refractivity contribution is 5.77. The number of rotatable bonds is 3. The Labute approximate surface area is 106 Å². The summed E-state index contributed by atoms with van der Waals surface area (Å²) in [4.78, 5) is 13.6. The molecule has 1 N–H and O–H groups in total. The molecule has 1 amide bonds. The van der Waals surface area contributed by atoms with Gasteiger partial charge in [0.25, 0.3) is 5.91 Å². The third-order valence-corrected chi connectivity index (χ3v) is 2.82. The summed E-state index contributed by atoms with van der Waals surface area (Å²) in [6, 6.07) is 8.77. The Morgan fingerprint density at radius 3 is 2.61 bits per heavy atom. The number of benzene rings is 1. The molecule has 94 valence electrons. The van der Waals surface area contributed by atoms with Crippen LogP contribution in [0.4, 0.5) is 0 Å². The number of amides is 1. The van der Waals surface area contributed by atoms with E-state index < -0.39 is 0 Å². The van der Waals surface area contributed by atoms with Crippen LogP contribution in [0.3, 0.4) is 0 Å². The van der Waals surface area contributed by atoms with Gasteiger partial charge in [-0.3, -0.25) is 4.79 Å². The molecule has 0 bridgehead atoms. The third-order valence-electron chi connectivity index (χ3n) is 2.82. The van der Waals surface area contributed by atoms with Gasteiger partial charge in [-0.1, -0.05) is 0 Å². The molecular formula is C13H15N3O2. The van der Waals surface area contributed by atoms with Gasteiger partial charge in [0.15, 0.2) is 6.61 Å². The van der Waals surface area contributed by atoms with Crippen LogP contribution in [0, 0.1) is 11.3 Å². The van der Waals surface area contributed by atoms with Crippen molar-refractivity contribution in [2.24, 2.45) is 0 Å². The van der Waals surface area contributed by atoms with Crippen LogP contribution in [-0.4, -0.2) is 43.6 Å². The van der Waals surface area contributed by atoms with E-state index in [1.165, 1.54) is 0 Å². The molecule has 0 atom stereocenters. The molecule has 5 heteroatoms. The summed E-state index contributed by atoms with van der Waals surface area (Å²) in [5.74, 6) is 0.610. The number of ether oxygens (including phenoxy) is 1. The molecule has 1 aromatic rings. The smallest absolute Gasteiger partial charge is 0.260 e. The molecule has 1 saturated heterocycles. The lowest BCUT2D eigenvalue weighted by Crippen LogP contribution is -2.47. The van der Waals surface area contributed by atoms with E-state index >= 15 is 0 Å². The molecule has 1 aromatic carbocycles. The van der Waals surface area contributed by atoms with Crippen molar-refractivity contribution in [2.45, 2.75) is 0 Å². The normalized spacial score (nSPS) is 14.9. The van der Waals surface area contributed by atoms with E-state index in [4.69, 9.17) is 10.00 Å². The summed E-state index contributed by atoms with van der Waals surface area (Å²) in [6.45, 7) is 3.18. The molecule has 2 rings (SSSR count). The number of nitrogens with one attached hydrogen (secondary N) is 1. The highest BCUT2D eigenvalue weighted by atomic mass is 16.5. The van der Waals surface area contributed by atoms with Crippen molar-refractivity contribution in [1.82, 2.24) is 10.2 Å². The molecule has 0 aromatic heterocycles. The quantitative estimate of drug-likeness (QED) is 0.835. The molecule has 0 aliphatic carbocycles. The standard InChI is InChI=1S/C13H15N3O2/c14-9-11-1-3-12(4-2-11)18-10-13(17)16-7-5-15-6-8-16/h1-4,15H,5-8,10H2. The predicted molar refractivity (Wildman–Crippen MR) is 66.1 cm³/mol. The maximum atomic E-state index is 11.8. The topological polar surface area (TPSA) is 65.4 Å². The van der Waals surface area contributed by atoms with Gasteiger partial charge in [-0.2, -0.15) is 5.26 Å². The van der Waals surface area contributed by atoms with E-state index in [1.807, 2.05) is 6.07 Å². The minimum atomic E-state index is 0.000796. The second-order valence-corrected chi connectivity index (χ2v) is 4.06. The van der Waals surface area contributed by atoms with Crippen LogP contribution in [0.5, 0.6) is 5.75 Å². The Morgan fingerprint density at radius 1 is 1.33 bits per heavy atom. The summed E-state index contributed by atoms with van der Waals surface area (Å²) in [7, 11) is 0. The van der Waals surface area contributed by atoms with E-state index in [0.717, 1.165) is 26.2 Å². The zero-order valence-electron chi connectivity index (χ0n) is 10.1. The van der Waals surface area contributed by atoms with Crippen LogP contribution in [-0.2, 0) is 4.79 Å². The summed E-state index contributed by atoms with van der Waals surface area (Å²) >= 11 is 0. The molecule has 1 heterocycles. The Bertz CT molecular complexity index is 444. The zero-order valence-corrected chi connectivity index (χ0v) is 10.1. The molecule has 1 aliphatic rings. The monoisotopic (exact) mass is 245 g/mol. The number of piperazine rings is 1. The first-order valence-electron chi connectivity index (χ1n) is 5.91. The lowest BCUT2D eigenvalue weighted by Gasteiger charge is -2.27. The van der Waals surface area contributed by atoms with Crippen molar-refractivity contribution >= 4 is 5.91 Å². The molecule has 1 aliphatic heterocycles. The van der Waals surface area contributed by atoms with Gasteiger partial charge in [0, 0.05) is 26.2 Å². The number of nitrogens with zero attached hydrogens (tertiary/aromatic N) is 2. The van der Waals surface area contributed by atoms with Crippen LogP contribution in [0.15, 0.2) is 24.3 Å². The van der Waals surface area contributed by atoms with Crippen molar-refractivity contribution in [3.05, 3.63) is 29.8 Å². The molecule has 0 saturated carbocycles. The van der Waals surface area contributed by atoms with Crippen molar-refractivity contribution in [2.75, 3.05) is 32.8 Å². The number of hydrogen-bond acceptors (Lipinski definition) is 4. The second-order valence-electron chi connectivity index (χ2n) is 4.06. The van der Waals surface area contributed by atoms with Gasteiger partial charge < -0.3 is 15.0 Å². The van der Waals surface area contributed by atoms with Gasteiger partial charge in [0.1, 0.15) is 5.75 Å². The van der Waals surface area contributed by atoms with Gasteiger partial charge in [-0.25, -0.2) is 0 Å². The van der Waals surface area contributed by atoms with Crippen LogP contribution in [0.1, 0.15) is 5.56 Å². The van der Waals surface area contributed by atoms with Crippen LogP contribution in [0.2, 0.25) is 0 Å². The highest BCUT2D eigenvalue weighted by Gasteiger charge is 2.16. The van der Waals surface area contributed by atoms with Gasteiger partial charge in [0.05, 0.1) is 11.6 Å². The lowest BCUT2D eigenvalue weighted by molar-refractivity contribution is -0.133. The van der Waals surface area contributed by atoms with Crippen LogP contribution in [0.25, 0.3) is 0 Å². The fourth-order valence-corrected chi connectivity index (χ4v) is 1.78. The number of nitriles is 1. The summed E-state index contributed by atoms with van der Waals surface area (Å²) in [5.41, 5.74) is 0.579. The summed E-state index contributed by atoms with van der Waals surface area (Å²) in [6.07, 6.45) is 0. The first-order valence-corrected chi connectivity index (χ1v) is 5.91. The van der Waals surface area contributed by atoms with Gasteiger partial charge in [0.2, 0.25) is 0 Å². The Hall–Kier alpha value is -2.06. The fourth-order valence-electron chi connectivity index (χ4n) is 1.78. The first-order chi connectivity index (χ1) is 8.79. The van der Waals surface area contributed by atoms with E-state index in [2.05, 4.69) is 5.32 Å².